The second-order valence-electron chi connectivity index (χ2n) is 5.25. The molecule has 2 saturated carbocycles. The molecular weight excluding hydrogens is 170 g/mol. The molecule has 82 valence electrons. The normalized spacial score (nSPS) is 26.6. The van der Waals surface area contributed by atoms with Crippen molar-refractivity contribution >= 4 is 0 Å². The van der Waals surface area contributed by atoms with Crippen LogP contribution in [0.3, 0.4) is 0 Å². The summed E-state index contributed by atoms with van der Waals surface area (Å²) < 4.78 is 0. The molecule has 1 N–H and O–H groups in total. The molecule has 0 amide bonds. The summed E-state index contributed by atoms with van der Waals surface area (Å²) >= 11 is 0. The Hall–Kier alpha value is -0.0400. The molecule has 14 heavy (non-hydrogen) atoms. The third-order valence-electron chi connectivity index (χ3n) is 4.03. The highest BCUT2D eigenvalue weighted by Crippen LogP contribution is 2.26. The lowest BCUT2D eigenvalue weighted by Crippen LogP contribution is -2.35. The van der Waals surface area contributed by atoms with Crippen LogP contribution in [0.5, 0.6) is 0 Å². The van der Waals surface area contributed by atoms with Gasteiger partial charge in [0.15, 0.2) is 0 Å². The minimum absolute atomic E-state index is 0.857. The Kier molecular flexibility index (Phi) is 4.30. The standard InChI is InChI=1S/C13H25N/c1-2-4-9-13(10-5-3-1)14-11-12-7-6-8-12/h12-14H,1-11H2. The van der Waals surface area contributed by atoms with Gasteiger partial charge in [-0.2, -0.15) is 0 Å². The summed E-state index contributed by atoms with van der Waals surface area (Å²) in [4.78, 5) is 0. The molecule has 2 aliphatic carbocycles. The molecular formula is C13H25N. The van der Waals surface area contributed by atoms with Gasteiger partial charge in [-0.25, -0.2) is 0 Å². The van der Waals surface area contributed by atoms with E-state index in [1.54, 1.807) is 0 Å². The Bertz CT molecular complexity index is 143. The summed E-state index contributed by atoms with van der Waals surface area (Å²) in [7, 11) is 0. The molecule has 0 saturated heterocycles. The average Bonchev–Trinajstić information content (AvgIpc) is 2.05. The highest BCUT2D eigenvalue weighted by atomic mass is 14.9. The SMILES string of the molecule is C1CCCC(NCC2CCC2)CCC1. The first-order chi connectivity index (χ1) is 6.95. The topological polar surface area (TPSA) is 12.0 Å². The molecule has 0 heterocycles. The second-order valence-corrected chi connectivity index (χ2v) is 5.25. The summed E-state index contributed by atoms with van der Waals surface area (Å²) in [6.07, 6.45) is 14.7. The van der Waals surface area contributed by atoms with Gasteiger partial charge in [0.05, 0.1) is 0 Å². The summed E-state index contributed by atoms with van der Waals surface area (Å²) in [5, 5.41) is 3.79. The van der Waals surface area contributed by atoms with Crippen molar-refractivity contribution in [3.05, 3.63) is 0 Å². The Morgan fingerprint density at radius 3 is 1.93 bits per heavy atom. The maximum Gasteiger partial charge on any atom is 0.00671 e. The lowest BCUT2D eigenvalue weighted by atomic mass is 9.85. The zero-order valence-corrected chi connectivity index (χ0v) is 9.43. The van der Waals surface area contributed by atoms with Crippen LogP contribution in [0.1, 0.15) is 64.2 Å². The van der Waals surface area contributed by atoms with Gasteiger partial charge < -0.3 is 5.32 Å². The molecule has 0 aliphatic heterocycles. The van der Waals surface area contributed by atoms with Gasteiger partial charge in [-0.05, 0) is 38.1 Å². The first-order valence-electron chi connectivity index (χ1n) is 6.68. The van der Waals surface area contributed by atoms with Gasteiger partial charge in [-0.15, -0.1) is 0 Å². The number of nitrogens with one attached hydrogen (secondary N) is 1. The molecule has 0 bridgehead atoms. The molecule has 0 aromatic heterocycles. The molecule has 0 unspecified atom stereocenters. The summed E-state index contributed by atoms with van der Waals surface area (Å²) in [5.74, 6) is 1.03. The van der Waals surface area contributed by atoms with Crippen molar-refractivity contribution in [2.45, 2.75) is 70.3 Å². The molecule has 0 atom stereocenters. The van der Waals surface area contributed by atoms with Crippen LogP contribution in [-0.4, -0.2) is 12.6 Å². The van der Waals surface area contributed by atoms with E-state index in [-0.39, 0.29) is 0 Å². The van der Waals surface area contributed by atoms with Gasteiger partial charge in [0.25, 0.3) is 0 Å². The Balaban J connectivity index is 1.61. The minimum Gasteiger partial charge on any atom is -0.314 e. The first-order valence-corrected chi connectivity index (χ1v) is 6.68. The van der Waals surface area contributed by atoms with E-state index in [4.69, 9.17) is 0 Å². The van der Waals surface area contributed by atoms with Gasteiger partial charge in [0.1, 0.15) is 0 Å². The predicted molar refractivity (Wildman–Crippen MR) is 61.5 cm³/mol. The van der Waals surface area contributed by atoms with Crippen molar-refractivity contribution in [1.29, 1.82) is 0 Å². The van der Waals surface area contributed by atoms with Gasteiger partial charge >= 0.3 is 0 Å². The molecule has 2 aliphatic rings. The zero-order chi connectivity index (χ0) is 9.64. The van der Waals surface area contributed by atoms with E-state index in [1.165, 1.54) is 70.8 Å². The Morgan fingerprint density at radius 1 is 0.714 bits per heavy atom. The molecule has 2 fully saturated rings. The van der Waals surface area contributed by atoms with E-state index in [0.717, 1.165) is 12.0 Å². The number of rotatable bonds is 3. The molecule has 0 aromatic carbocycles. The Labute approximate surface area is 88.7 Å². The predicted octanol–water partition coefficient (Wildman–Crippen LogP) is 3.49. The third-order valence-corrected chi connectivity index (χ3v) is 4.03. The van der Waals surface area contributed by atoms with Crippen molar-refractivity contribution in [3.63, 3.8) is 0 Å². The molecule has 1 heteroatoms. The number of hydrogen-bond acceptors (Lipinski definition) is 1. The fraction of sp³-hybridized carbons (Fsp3) is 1.00. The largest absolute Gasteiger partial charge is 0.314 e. The minimum atomic E-state index is 0.857. The van der Waals surface area contributed by atoms with Gasteiger partial charge in [0.2, 0.25) is 0 Å². The van der Waals surface area contributed by atoms with Gasteiger partial charge in [-0.3, -0.25) is 0 Å². The molecule has 0 spiro atoms. The van der Waals surface area contributed by atoms with Crippen LogP contribution in [0.25, 0.3) is 0 Å². The van der Waals surface area contributed by atoms with E-state index >= 15 is 0 Å². The average molecular weight is 195 g/mol. The monoisotopic (exact) mass is 195 g/mol. The lowest BCUT2D eigenvalue weighted by Gasteiger charge is -2.29. The second kappa shape index (κ2) is 5.75. The van der Waals surface area contributed by atoms with Crippen molar-refractivity contribution in [2.24, 2.45) is 5.92 Å². The van der Waals surface area contributed by atoms with Crippen molar-refractivity contribution in [1.82, 2.24) is 5.32 Å². The van der Waals surface area contributed by atoms with Crippen LogP contribution in [0.2, 0.25) is 0 Å². The van der Waals surface area contributed by atoms with E-state index in [1.807, 2.05) is 0 Å². The zero-order valence-electron chi connectivity index (χ0n) is 9.43. The molecule has 0 radical (unpaired) electrons. The van der Waals surface area contributed by atoms with Crippen LogP contribution in [0, 0.1) is 5.92 Å². The molecule has 1 nitrogen and oxygen atoms in total. The smallest absolute Gasteiger partial charge is 0.00671 e. The van der Waals surface area contributed by atoms with Gasteiger partial charge in [0, 0.05) is 6.04 Å². The highest BCUT2D eigenvalue weighted by Gasteiger charge is 2.18. The van der Waals surface area contributed by atoms with Crippen molar-refractivity contribution < 1.29 is 0 Å². The quantitative estimate of drug-likeness (QED) is 0.727. The van der Waals surface area contributed by atoms with E-state index in [9.17, 15) is 0 Å². The maximum atomic E-state index is 3.79. The highest BCUT2D eigenvalue weighted by molar-refractivity contribution is 4.76. The maximum absolute atomic E-state index is 3.79. The lowest BCUT2D eigenvalue weighted by molar-refractivity contribution is 0.275. The van der Waals surface area contributed by atoms with E-state index in [2.05, 4.69) is 5.32 Å². The fourth-order valence-electron chi connectivity index (χ4n) is 2.69. The van der Waals surface area contributed by atoms with Crippen LogP contribution in [0.4, 0.5) is 0 Å². The number of hydrogen-bond donors (Lipinski definition) is 1. The summed E-state index contributed by atoms with van der Waals surface area (Å²) in [6.45, 7) is 1.31. The van der Waals surface area contributed by atoms with Crippen molar-refractivity contribution in [2.75, 3.05) is 6.54 Å². The molecule has 2 rings (SSSR count). The van der Waals surface area contributed by atoms with Crippen LogP contribution in [0.15, 0.2) is 0 Å². The Morgan fingerprint density at radius 2 is 1.36 bits per heavy atom. The first kappa shape index (κ1) is 10.5. The fourth-order valence-corrected chi connectivity index (χ4v) is 2.69. The van der Waals surface area contributed by atoms with E-state index < -0.39 is 0 Å². The van der Waals surface area contributed by atoms with Crippen LogP contribution < -0.4 is 5.32 Å². The summed E-state index contributed by atoms with van der Waals surface area (Å²) in [6, 6.07) is 0.857. The van der Waals surface area contributed by atoms with Crippen LogP contribution >= 0.6 is 0 Å². The van der Waals surface area contributed by atoms with E-state index in [0.29, 0.717) is 0 Å². The molecule has 0 aromatic rings. The summed E-state index contributed by atoms with van der Waals surface area (Å²) in [5.41, 5.74) is 0. The van der Waals surface area contributed by atoms with Crippen molar-refractivity contribution in [3.8, 4) is 0 Å². The third kappa shape index (κ3) is 3.27. The van der Waals surface area contributed by atoms with Crippen LogP contribution in [-0.2, 0) is 0 Å². The van der Waals surface area contributed by atoms with Gasteiger partial charge in [-0.1, -0.05) is 38.5 Å².